The molecule has 5 rings (SSSR count). The number of hydrogen-bond acceptors (Lipinski definition) is 10. The molecule has 1 spiro atoms. The second-order valence-electron chi connectivity index (χ2n) is 8.05. The Morgan fingerprint density at radius 3 is 2.37 bits per heavy atom. The number of fused-ring (bicyclic) bond motifs is 1. The second kappa shape index (κ2) is 9.29. The van der Waals surface area contributed by atoms with Gasteiger partial charge < -0.3 is 24.4 Å². The minimum absolute atomic E-state index is 0.0535. The van der Waals surface area contributed by atoms with Gasteiger partial charge in [-0.25, -0.2) is 28.9 Å². The number of nitrogens with zero attached hydrogens (tertiary/aromatic N) is 5. The molecule has 3 aliphatic rings. The Bertz CT molecular complexity index is 1160. The molecule has 1 unspecified atom stereocenters. The molecule has 1 aromatic carbocycles. The summed E-state index contributed by atoms with van der Waals surface area (Å²) in [5, 5.41) is 3.12. The lowest BCUT2D eigenvalue weighted by molar-refractivity contribution is -0.264. The number of aliphatic imine (C=N–C) groups is 1. The Morgan fingerprint density at radius 1 is 1.06 bits per heavy atom. The molecule has 2 aromatic rings. The lowest BCUT2D eigenvalue weighted by Gasteiger charge is -2.39. The van der Waals surface area contributed by atoms with Crippen molar-refractivity contribution in [2.75, 3.05) is 36.4 Å². The molecule has 182 valence electrons. The molecule has 11 nitrogen and oxygen atoms in total. The number of halogens is 1. The largest absolute Gasteiger partial charge is 0.486 e. The quantitative estimate of drug-likeness (QED) is 0.645. The number of carbonyl (C=O) groups excluding carboxylic acids is 2. The smallest absolute Gasteiger partial charge is 0.412 e. The zero-order valence-corrected chi connectivity index (χ0v) is 18.9. The molecule has 1 atom stereocenters. The van der Waals surface area contributed by atoms with Gasteiger partial charge in [0.1, 0.15) is 6.17 Å². The maximum atomic E-state index is 13.2. The summed E-state index contributed by atoms with van der Waals surface area (Å²) in [7, 11) is 0. The van der Waals surface area contributed by atoms with E-state index in [1.807, 2.05) is 17.9 Å². The van der Waals surface area contributed by atoms with Gasteiger partial charge in [-0.3, -0.25) is 4.90 Å². The summed E-state index contributed by atoms with van der Waals surface area (Å²) in [5.41, 5.74) is 0.592. The molecule has 0 bridgehead atoms. The molecular weight excluding hydrogens is 459 g/mol. The van der Waals surface area contributed by atoms with E-state index in [0.717, 1.165) is 24.5 Å². The topological polar surface area (TPSA) is 118 Å². The second-order valence-corrected chi connectivity index (χ2v) is 8.05. The normalized spacial score (nSPS) is 21.4. The lowest BCUT2D eigenvalue weighted by atomic mass is 10.2. The Balaban J connectivity index is 1.40. The van der Waals surface area contributed by atoms with E-state index < -0.39 is 23.7 Å². The van der Waals surface area contributed by atoms with E-state index in [4.69, 9.17) is 19.2 Å². The van der Waals surface area contributed by atoms with Crippen molar-refractivity contribution in [2.24, 2.45) is 4.99 Å². The molecule has 4 heterocycles. The molecular formula is C23H23FN6O5. The van der Waals surface area contributed by atoms with Crippen LogP contribution in [0.5, 0.6) is 5.75 Å². The van der Waals surface area contributed by atoms with Crippen LogP contribution in [-0.2, 0) is 19.1 Å². The van der Waals surface area contributed by atoms with Gasteiger partial charge >= 0.3 is 17.9 Å². The van der Waals surface area contributed by atoms with Crippen LogP contribution >= 0.6 is 0 Å². The third-order valence-electron chi connectivity index (χ3n) is 5.77. The van der Waals surface area contributed by atoms with Crippen LogP contribution in [-0.4, -0.2) is 71.0 Å². The number of amidine groups is 1. The number of aromatic nitrogens is 2. The molecule has 35 heavy (non-hydrogen) atoms. The number of rotatable bonds is 4. The third kappa shape index (κ3) is 4.64. The summed E-state index contributed by atoms with van der Waals surface area (Å²) in [5.74, 6) is -3.40. The number of anilines is 2. The highest BCUT2D eigenvalue weighted by Gasteiger charge is 2.52. The first-order chi connectivity index (χ1) is 17.0. The Kier molecular flexibility index (Phi) is 6.03. The SMILES string of the molecule is CCC(/N=C1\Nc2ccccc2OC12OC(=O)C=CC(=O)O2)N1CCN(c2ncc(F)cn2)CC1. The number of para-hydroxylation sites is 2. The first kappa shape index (κ1) is 22.7. The van der Waals surface area contributed by atoms with Crippen molar-refractivity contribution in [2.45, 2.75) is 25.5 Å². The molecule has 0 aliphatic carbocycles. The van der Waals surface area contributed by atoms with Gasteiger partial charge in [-0.2, -0.15) is 0 Å². The average molecular weight is 482 g/mol. The molecule has 12 heteroatoms. The standard InChI is InChI=1S/C23H23FN6O5/c1-2-18(29-9-11-30(12-10-29)22-25-13-15(24)14-26-22)28-21-23(34-19(31)7-8-20(32)35-23)33-17-6-4-3-5-16(17)27-21/h3-8,13-14,18H,2,9-12H2,1H3,(H,27,28). The lowest BCUT2D eigenvalue weighted by Crippen LogP contribution is -2.57. The number of nitrogens with one attached hydrogen (secondary N) is 1. The first-order valence-electron chi connectivity index (χ1n) is 11.2. The van der Waals surface area contributed by atoms with Crippen molar-refractivity contribution in [1.29, 1.82) is 0 Å². The first-order valence-corrected chi connectivity index (χ1v) is 11.2. The van der Waals surface area contributed by atoms with E-state index in [0.29, 0.717) is 50.0 Å². The molecule has 1 fully saturated rings. The highest BCUT2D eigenvalue weighted by Crippen LogP contribution is 2.36. The van der Waals surface area contributed by atoms with Gasteiger partial charge in [0, 0.05) is 38.3 Å². The molecule has 1 N–H and O–H groups in total. The number of ether oxygens (including phenoxy) is 3. The van der Waals surface area contributed by atoms with E-state index in [9.17, 15) is 14.0 Å². The Morgan fingerprint density at radius 2 is 1.71 bits per heavy atom. The van der Waals surface area contributed by atoms with Crippen LogP contribution in [0, 0.1) is 5.82 Å². The molecule has 0 saturated carbocycles. The van der Waals surface area contributed by atoms with Crippen molar-refractivity contribution in [3.8, 4) is 5.75 Å². The van der Waals surface area contributed by atoms with Crippen LogP contribution in [0.3, 0.4) is 0 Å². The Labute approximate surface area is 200 Å². The number of piperazine rings is 1. The fraction of sp³-hybridized carbons (Fsp3) is 0.348. The predicted molar refractivity (Wildman–Crippen MR) is 122 cm³/mol. The van der Waals surface area contributed by atoms with Gasteiger partial charge in [-0.05, 0) is 18.6 Å². The van der Waals surface area contributed by atoms with Crippen molar-refractivity contribution in [1.82, 2.24) is 14.9 Å². The monoisotopic (exact) mass is 482 g/mol. The van der Waals surface area contributed by atoms with E-state index >= 15 is 0 Å². The molecule has 0 amide bonds. The van der Waals surface area contributed by atoms with Gasteiger partial charge in [0.05, 0.1) is 18.1 Å². The molecule has 3 aliphatic heterocycles. The summed E-state index contributed by atoms with van der Waals surface area (Å²) < 4.78 is 30.0. The zero-order valence-electron chi connectivity index (χ0n) is 18.9. The van der Waals surface area contributed by atoms with Gasteiger partial charge in [0.2, 0.25) is 11.8 Å². The maximum absolute atomic E-state index is 13.2. The highest BCUT2D eigenvalue weighted by atomic mass is 19.1. The van der Waals surface area contributed by atoms with E-state index in [2.05, 4.69) is 20.2 Å². The minimum Gasteiger partial charge on any atom is -0.412 e. The van der Waals surface area contributed by atoms with E-state index in [-0.39, 0.29) is 12.0 Å². The van der Waals surface area contributed by atoms with Crippen LogP contribution in [0.25, 0.3) is 0 Å². The molecule has 1 aromatic heterocycles. The predicted octanol–water partition coefficient (Wildman–Crippen LogP) is 1.69. The van der Waals surface area contributed by atoms with E-state index in [1.165, 1.54) is 0 Å². The maximum Gasteiger partial charge on any atom is 0.486 e. The summed E-state index contributed by atoms with van der Waals surface area (Å²) in [6, 6.07) is 6.99. The minimum atomic E-state index is -2.18. The fourth-order valence-electron chi connectivity index (χ4n) is 4.06. The summed E-state index contributed by atoms with van der Waals surface area (Å²) in [6.07, 6.45) is 4.53. The number of esters is 2. The Hall–Kier alpha value is -4.06. The zero-order chi connectivity index (χ0) is 24.4. The molecule has 1 saturated heterocycles. The van der Waals surface area contributed by atoms with Gasteiger partial charge in [-0.1, -0.05) is 19.1 Å². The van der Waals surface area contributed by atoms with Gasteiger partial charge in [-0.15, -0.1) is 0 Å². The summed E-state index contributed by atoms with van der Waals surface area (Å²) in [6.45, 7) is 4.45. The van der Waals surface area contributed by atoms with Crippen LogP contribution in [0.1, 0.15) is 13.3 Å². The van der Waals surface area contributed by atoms with Crippen LogP contribution in [0.15, 0.2) is 53.8 Å². The van der Waals surface area contributed by atoms with Crippen molar-refractivity contribution >= 4 is 29.4 Å². The van der Waals surface area contributed by atoms with Crippen LogP contribution in [0.2, 0.25) is 0 Å². The summed E-state index contributed by atoms with van der Waals surface area (Å²) in [4.78, 5) is 41.5. The third-order valence-corrected chi connectivity index (χ3v) is 5.77. The van der Waals surface area contributed by atoms with E-state index in [1.54, 1.807) is 18.2 Å². The number of carbonyl (C=O) groups is 2. The van der Waals surface area contributed by atoms with Gasteiger partial charge in [0.15, 0.2) is 11.6 Å². The number of benzene rings is 1. The summed E-state index contributed by atoms with van der Waals surface area (Å²) >= 11 is 0. The van der Waals surface area contributed by atoms with Crippen molar-refractivity contribution in [3.05, 3.63) is 54.6 Å². The van der Waals surface area contributed by atoms with Crippen LogP contribution < -0.4 is 15.0 Å². The van der Waals surface area contributed by atoms with Gasteiger partial charge in [0.25, 0.3) is 0 Å². The molecule has 0 radical (unpaired) electrons. The highest BCUT2D eigenvalue weighted by molar-refractivity contribution is 6.06. The fourth-order valence-corrected chi connectivity index (χ4v) is 4.06. The van der Waals surface area contributed by atoms with Crippen LogP contribution in [0.4, 0.5) is 16.0 Å². The number of hydrogen-bond donors (Lipinski definition) is 1. The average Bonchev–Trinajstić information content (AvgIpc) is 3.01. The van der Waals surface area contributed by atoms with Crippen molar-refractivity contribution < 1.29 is 28.2 Å². The van der Waals surface area contributed by atoms with Crippen molar-refractivity contribution in [3.63, 3.8) is 0 Å².